The van der Waals surface area contributed by atoms with Crippen LogP contribution in [0, 0.1) is 0 Å². The summed E-state index contributed by atoms with van der Waals surface area (Å²) in [7, 11) is 4.14. The first-order valence-electron chi connectivity index (χ1n) is 7.44. The first-order chi connectivity index (χ1) is 9.52. The zero-order valence-corrected chi connectivity index (χ0v) is 12.6. The van der Waals surface area contributed by atoms with E-state index in [1.807, 2.05) is 7.05 Å². The summed E-state index contributed by atoms with van der Waals surface area (Å²) >= 11 is 0. The molecule has 20 heavy (non-hydrogen) atoms. The maximum absolute atomic E-state index is 9.98. The van der Waals surface area contributed by atoms with Crippen molar-refractivity contribution in [3.8, 4) is 11.5 Å². The minimum atomic E-state index is 0.0956. The monoisotopic (exact) mass is 278 g/mol. The second-order valence-corrected chi connectivity index (χ2v) is 5.88. The summed E-state index contributed by atoms with van der Waals surface area (Å²) in [5, 5.41) is 22.9. The van der Waals surface area contributed by atoms with Crippen LogP contribution in [0.2, 0.25) is 0 Å². The van der Waals surface area contributed by atoms with Crippen molar-refractivity contribution in [1.29, 1.82) is 0 Å². The van der Waals surface area contributed by atoms with Gasteiger partial charge in [-0.25, -0.2) is 0 Å². The number of nitrogens with one attached hydrogen (secondary N) is 1. The van der Waals surface area contributed by atoms with E-state index in [0.29, 0.717) is 12.1 Å². The highest BCUT2D eigenvalue weighted by Gasteiger charge is 2.27. The Labute approximate surface area is 121 Å². The van der Waals surface area contributed by atoms with Crippen LogP contribution in [0.3, 0.4) is 0 Å². The molecule has 1 aromatic rings. The number of phenolic OH excluding ortho intramolecular Hbond substituents is 2. The van der Waals surface area contributed by atoms with Gasteiger partial charge in [0.05, 0.1) is 0 Å². The van der Waals surface area contributed by atoms with Crippen LogP contribution in [0.25, 0.3) is 0 Å². The van der Waals surface area contributed by atoms with Crippen LogP contribution in [-0.4, -0.2) is 41.3 Å². The minimum absolute atomic E-state index is 0.0956. The molecule has 3 N–H and O–H groups in total. The fraction of sp³-hybridized carbons (Fsp3) is 0.625. The third-order valence-electron chi connectivity index (χ3n) is 4.75. The van der Waals surface area contributed by atoms with Crippen molar-refractivity contribution in [2.45, 2.75) is 50.7 Å². The van der Waals surface area contributed by atoms with Crippen molar-refractivity contribution in [3.05, 3.63) is 23.8 Å². The molecule has 0 amide bonds. The molecule has 0 radical (unpaired) electrons. The van der Waals surface area contributed by atoms with E-state index in [0.717, 1.165) is 5.56 Å². The van der Waals surface area contributed by atoms with Crippen molar-refractivity contribution in [2.24, 2.45) is 0 Å². The summed E-state index contributed by atoms with van der Waals surface area (Å²) < 4.78 is 0. The second kappa shape index (κ2) is 6.46. The lowest BCUT2D eigenvalue weighted by atomic mass is 9.89. The lowest BCUT2D eigenvalue weighted by Gasteiger charge is -2.38. The Morgan fingerprint density at radius 2 is 1.85 bits per heavy atom. The van der Waals surface area contributed by atoms with Gasteiger partial charge in [0.25, 0.3) is 0 Å². The summed E-state index contributed by atoms with van der Waals surface area (Å²) in [4.78, 5) is 2.32. The van der Waals surface area contributed by atoms with E-state index in [2.05, 4.69) is 24.2 Å². The van der Waals surface area contributed by atoms with Gasteiger partial charge in [-0.05, 0) is 64.9 Å². The molecular formula is C16H26N2O2. The van der Waals surface area contributed by atoms with Gasteiger partial charge in [-0.2, -0.15) is 0 Å². The predicted molar refractivity (Wildman–Crippen MR) is 81.1 cm³/mol. The van der Waals surface area contributed by atoms with Crippen molar-refractivity contribution < 1.29 is 10.2 Å². The van der Waals surface area contributed by atoms with Crippen molar-refractivity contribution in [2.75, 3.05) is 14.1 Å². The smallest absolute Gasteiger partial charge is 0.120 e. The van der Waals surface area contributed by atoms with Crippen LogP contribution in [-0.2, 0) is 0 Å². The minimum Gasteiger partial charge on any atom is -0.508 e. The van der Waals surface area contributed by atoms with Gasteiger partial charge in [-0.1, -0.05) is 0 Å². The second-order valence-electron chi connectivity index (χ2n) is 5.88. The third-order valence-corrected chi connectivity index (χ3v) is 4.75. The molecule has 4 nitrogen and oxygen atoms in total. The van der Waals surface area contributed by atoms with Crippen molar-refractivity contribution in [3.63, 3.8) is 0 Å². The average molecular weight is 278 g/mol. The Hall–Kier alpha value is -1.26. The van der Waals surface area contributed by atoms with E-state index in [1.165, 1.54) is 31.7 Å². The normalized spacial score (nSPS) is 24.8. The van der Waals surface area contributed by atoms with Gasteiger partial charge in [0.15, 0.2) is 0 Å². The lowest BCUT2D eigenvalue weighted by molar-refractivity contribution is 0.134. The Morgan fingerprint density at radius 3 is 2.45 bits per heavy atom. The van der Waals surface area contributed by atoms with Crippen LogP contribution in [0.5, 0.6) is 11.5 Å². The average Bonchev–Trinajstić information content (AvgIpc) is 2.48. The molecule has 2 rings (SSSR count). The Morgan fingerprint density at radius 1 is 1.20 bits per heavy atom. The van der Waals surface area contributed by atoms with Crippen molar-refractivity contribution >= 4 is 0 Å². The highest BCUT2D eigenvalue weighted by atomic mass is 16.3. The van der Waals surface area contributed by atoms with E-state index >= 15 is 0 Å². The number of aromatic hydroxyl groups is 2. The molecule has 0 bridgehead atoms. The molecular weight excluding hydrogens is 252 g/mol. The standard InChI is InChI=1S/C16H26N2O2/c1-11(15-10-14(19)8-9-16(15)20)18(3)13-6-4-12(17-2)5-7-13/h8-13,17,19-20H,4-7H2,1-3H3. The first kappa shape index (κ1) is 15.1. The zero-order valence-electron chi connectivity index (χ0n) is 12.6. The van der Waals surface area contributed by atoms with Crippen molar-refractivity contribution in [1.82, 2.24) is 10.2 Å². The molecule has 1 unspecified atom stereocenters. The first-order valence-corrected chi connectivity index (χ1v) is 7.44. The van der Waals surface area contributed by atoms with Gasteiger partial charge >= 0.3 is 0 Å². The van der Waals surface area contributed by atoms with E-state index in [-0.39, 0.29) is 17.5 Å². The summed E-state index contributed by atoms with van der Waals surface area (Å²) in [6, 6.07) is 6.02. The number of nitrogens with zero attached hydrogens (tertiary/aromatic N) is 1. The highest BCUT2D eigenvalue weighted by molar-refractivity contribution is 5.40. The number of benzene rings is 1. The Kier molecular flexibility index (Phi) is 4.89. The van der Waals surface area contributed by atoms with Gasteiger partial charge in [0, 0.05) is 23.7 Å². The van der Waals surface area contributed by atoms with E-state index < -0.39 is 0 Å². The molecule has 1 aromatic carbocycles. The van der Waals surface area contributed by atoms with Gasteiger partial charge in [0.2, 0.25) is 0 Å². The van der Waals surface area contributed by atoms with Crippen LogP contribution in [0.15, 0.2) is 18.2 Å². The third kappa shape index (κ3) is 3.25. The fourth-order valence-electron chi connectivity index (χ4n) is 3.18. The number of rotatable bonds is 4. The molecule has 1 aliphatic carbocycles. The predicted octanol–water partition coefficient (Wildman–Crippen LogP) is 2.62. The number of hydrogen-bond donors (Lipinski definition) is 3. The fourth-order valence-corrected chi connectivity index (χ4v) is 3.18. The quantitative estimate of drug-likeness (QED) is 0.741. The summed E-state index contributed by atoms with van der Waals surface area (Å²) in [5.41, 5.74) is 0.795. The molecule has 112 valence electrons. The largest absolute Gasteiger partial charge is 0.508 e. The number of hydrogen-bond acceptors (Lipinski definition) is 4. The molecule has 0 aliphatic heterocycles. The van der Waals surface area contributed by atoms with Gasteiger partial charge in [0.1, 0.15) is 11.5 Å². The van der Waals surface area contributed by atoms with Gasteiger partial charge in [-0.15, -0.1) is 0 Å². The van der Waals surface area contributed by atoms with Crippen LogP contribution >= 0.6 is 0 Å². The van der Waals surface area contributed by atoms with Gasteiger partial charge < -0.3 is 15.5 Å². The highest BCUT2D eigenvalue weighted by Crippen LogP contribution is 2.34. The molecule has 1 saturated carbocycles. The molecule has 4 heteroatoms. The van der Waals surface area contributed by atoms with Crippen LogP contribution in [0.1, 0.15) is 44.2 Å². The summed E-state index contributed by atoms with van der Waals surface area (Å²) in [5.74, 6) is 0.461. The maximum atomic E-state index is 9.98. The topological polar surface area (TPSA) is 55.7 Å². The summed E-state index contributed by atoms with van der Waals surface area (Å²) in [6.45, 7) is 2.08. The summed E-state index contributed by atoms with van der Waals surface area (Å²) in [6.07, 6.45) is 4.74. The zero-order chi connectivity index (χ0) is 14.7. The lowest BCUT2D eigenvalue weighted by Crippen LogP contribution is -2.40. The Balaban J connectivity index is 2.05. The molecule has 0 spiro atoms. The molecule has 1 atom stereocenters. The molecule has 1 fully saturated rings. The van der Waals surface area contributed by atoms with E-state index in [4.69, 9.17) is 0 Å². The van der Waals surface area contributed by atoms with E-state index in [9.17, 15) is 10.2 Å². The molecule has 0 aromatic heterocycles. The van der Waals surface area contributed by atoms with Crippen LogP contribution < -0.4 is 5.32 Å². The molecule has 0 heterocycles. The SMILES string of the molecule is CNC1CCC(N(C)C(C)c2cc(O)ccc2O)CC1. The maximum Gasteiger partial charge on any atom is 0.120 e. The van der Waals surface area contributed by atoms with Crippen LogP contribution in [0.4, 0.5) is 0 Å². The molecule has 1 aliphatic rings. The van der Waals surface area contributed by atoms with Gasteiger partial charge in [-0.3, -0.25) is 4.90 Å². The Bertz CT molecular complexity index is 442. The number of phenols is 2. The van der Waals surface area contributed by atoms with E-state index in [1.54, 1.807) is 12.1 Å². The molecule has 0 saturated heterocycles.